The van der Waals surface area contributed by atoms with Crippen molar-refractivity contribution in [3.05, 3.63) is 273 Å². The molecule has 2 fully saturated rings. The van der Waals surface area contributed by atoms with Crippen LogP contribution in [0.5, 0.6) is 0 Å². The highest BCUT2D eigenvalue weighted by Crippen LogP contribution is 2.66. The van der Waals surface area contributed by atoms with Crippen LogP contribution in [0.15, 0.2) is 206 Å². The van der Waals surface area contributed by atoms with E-state index in [0.717, 1.165) is 30.6 Å². The normalized spacial score (nSPS) is 21.1. The minimum atomic E-state index is -0.263. The van der Waals surface area contributed by atoms with Gasteiger partial charge < -0.3 is 28.7 Å². The first-order valence-corrected chi connectivity index (χ1v) is 45.1. The lowest BCUT2D eigenvalue weighted by molar-refractivity contribution is 0.195. The van der Waals surface area contributed by atoms with Gasteiger partial charge in [0.25, 0.3) is 13.4 Å². The minimum absolute atomic E-state index is 0.0197. The van der Waals surface area contributed by atoms with Gasteiger partial charge in [-0.15, -0.1) is 0 Å². The largest absolute Gasteiger partial charge is 0.335 e. The predicted molar refractivity (Wildman–Crippen MR) is 509 cm³/mol. The molecule has 119 heavy (non-hydrogen) atoms. The van der Waals surface area contributed by atoms with Gasteiger partial charge in [-0.05, 0) is 266 Å². The summed E-state index contributed by atoms with van der Waals surface area (Å²) in [6, 6.07) is 83.5. The van der Waals surface area contributed by atoms with Gasteiger partial charge in [0.05, 0.1) is 28.1 Å². The van der Waals surface area contributed by atoms with Gasteiger partial charge >= 0.3 is 0 Å². The molecule has 9 aliphatic rings. The maximum absolute atomic E-state index is 2.96. The van der Waals surface area contributed by atoms with Gasteiger partial charge in [0, 0.05) is 106 Å². The molecule has 8 heterocycles. The molecule has 0 bridgehead atoms. The first-order chi connectivity index (χ1) is 56.4. The van der Waals surface area contributed by atoms with Crippen molar-refractivity contribution in [1.82, 2.24) is 9.13 Å². The number of fused-ring (bicyclic) bond motifs is 19. The molecule has 0 N–H and O–H groups in total. The van der Waals surface area contributed by atoms with Crippen molar-refractivity contribution >= 4 is 125 Å². The van der Waals surface area contributed by atoms with E-state index in [1.54, 1.807) is 5.56 Å². The van der Waals surface area contributed by atoms with Gasteiger partial charge in [-0.25, -0.2) is 0 Å². The average molecular weight is 1560 g/mol. The molecule has 0 saturated heterocycles. The summed E-state index contributed by atoms with van der Waals surface area (Å²) in [5, 5.41) is 2.77. The van der Waals surface area contributed by atoms with Crippen LogP contribution in [0.2, 0.25) is 0 Å². The Kier molecular flexibility index (Phi) is 15.4. The SMILES string of the molecule is Cc1c(C)n2c3c(cc(C(C)(C)Cc4ccc(N(c5ccccc5)c5cc6c7c(c5)-n5c8c(c9cc(C(C)(C)C)cc(c95)B7c5cc(C(C)(C)C)cc7c5N6C5(C)CCCCC75C)C(C)(C)c5ccccc5-8)cc4)cc13)B1c3cccc4c3N(c3cc(N(c5ccc(C(C)(C)C)cc5)c5ccc(C(C)(C)C)cc5)cc-2c31)C1(C)CCCCC41C. The molecule has 8 heteroatoms. The molecule has 0 amide bonds. The van der Waals surface area contributed by atoms with Gasteiger partial charge in [-0.1, -0.05) is 272 Å². The Morgan fingerprint density at radius 1 is 0.361 bits per heavy atom. The van der Waals surface area contributed by atoms with Crippen LogP contribution in [0, 0.1) is 13.8 Å². The van der Waals surface area contributed by atoms with E-state index in [4.69, 9.17) is 0 Å². The van der Waals surface area contributed by atoms with E-state index in [-0.39, 0.29) is 67.8 Å². The molecule has 3 aliphatic carbocycles. The maximum Gasteiger partial charge on any atom is 0.252 e. The van der Waals surface area contributed by atoms with Crippen LogP contribution in [0.3, 0.4) is 0 Å². The van der Waals surface area contributed by atoms with E-state index in [1.807, 2.05) is 0 Å². The summed E-state index contributed by atoms with van der Waals surface area (Å²) in [4.78, 5) is 11.0. The van der Waals surface area contributed by atoms with Crippen LogP contribution in [0.1, 0.15) is 257 Å². The molecule has 4 atom stereocenters. The zero-order valence-corrected chi connectivity index (χ0v) is 74.8. The summed E-state index contributed by atoms with van der Waals surface area (Å²) in [5.74, 6) is 0. The number of nitrogens with zero attached hydrogens (tertiary/aromatic N) is 6. The van der Waals surface area contributed by atoms with Crippen LogP contribution < -0.4 is 52.4 Å². The van der Waals surface area contributed by atoms with E-state index in [2.05, 4.69) is 387 Å². The summed E-state index contributed by atoms with van der Waals surface area (Å²) in [7, 11) is 0. The molecule has 6 nitrogen and oxygen atoms in total. The Morgan fingerprint density at radius 2 is 0.798 bits per heavy atom. The van der Waals surface area contributed by atoms with Crippen LogP contribution in [-0.4, -0.2) is 33.6 Å². The van der Waals surface area contributed by atoms with Crippen LogP contribution >= 0.6 is 0 Å². The molecular weight excluding hydrogens is 1440 g/mol. The van der Waals surface area contributed by atoms with Gasteiger partial charge in [0.15, 0.2) is 0 Å². The zero-order chi connectivity index (χ0) is 82.8. The van der Waals surface area contributed by atoms with Crippen LogP contribution in [-0.2, 0) is 49.7 Å². The summed E-state index contributed by atoms with van der Waals surface area (Å²) < 4.78 is 5.52. The van der Waals surface area contributed by atoms with Crippen molar-refractivity contribution in [1.29, 1.82) is 0 Å². The lowest BCUT2D eigenvalue weighted by Crippen LogP contribution is -2.64. The van der Waals surface area contributed by atoms with Crippen molar-refractivity contribution in [3.63, 3.8) is 0 Å². The molecule has 4 unspecified atom stereocenters. The second kappa shape index (κ2) is 24.3. The Morgan fingerprint density at radius 3 is 1.36 bits per heavy atom. The van der Waals surface area contributed by atoms with Crippen molar-refractivity contribution in [2.24, 2.45) is 0 Å². The molecule has 13 aromatic rings. The highest BCUT2D eigenvalue weighted by molar-refractivity contribution is 7.01. The fourth-order valence-electron chi connectivity index (χ4n) is 25.4. The van der Waals surface area contributed by atoms with E-state index in [0.29, 0.717) is 0 Å². The molecule has 0 spiro atoms. The predicted octanol–water partition coefficient (Wildman–Crippen LogP) is 24.9. The van der Waals surface area contributed by atoms with E-state index in [9.17, 15) is 0 Å². The lowest BCUT2D eigenvalue weighted by Gasteiger charge is -2.52. The molecule has 2 aromatic heterocycles. The highest BCUT2D eigenvalue weighted by Gasteiger charge is 2.64. The minimum Gasteiger partial charge on any atom is -0.335 e. The van der Waals surface area contributed by atoms with Crippen molar-refractivity contribution in [3.8, 4) is 22.6 Å². The number of aromatic nitrogens is 2. The third-order valence-corrected chi connectivity index (χ3v) is 32.5. The maximum atomic E-state index is 2.96. The van der Waals surface area contributed by atoms with Crippen molar-refractivity contribution in [2.75, 3.05) is 19.6 Å². The van der Waals surface area contributed by atoms with Crippen molar-refractivity contribution in [2.45, 2.75) is 265 Å². The van der Waals surface area contributed by atoms with E-state index < -0.39 is 0 Å². The van der Waals surface area contributed by atoms with Gasteiger partial charge in [0.2, 0.25) is 0 Å². The number of benzene rings is 11. The summed E-state index contributed by atoms with van der Waals surface area (Å²) in [6.07, 6.45) is 10.4. The summed E-state index contributed by atoms with van der Waals surface area (Å²) in [6.45, 7) is 54.1. The Balaban J connectivity index is 0.707. The number of para-hydroxylation sites is 2. The molecule has 2 saturated carbocycles. The third kappa shape index (κ3) is 9.98. The number of hydrogen-bond donors (Lipinski definition) is 0. The molecule has 598 valence electrons. The third-order valence-electron chi connectivity index (χ3n) is 32.5. The number of anilines is 10. The number of rotatable bonds is 9. The second-order valence-electron chi connectivity index (χ2n) is 44.2. The lowest BCUT2D eigenvalue weighted by atomic mass is 9.33. The Bertz CT molecular complexity index is 6500. The Hall–Kier alpha value is -10.2. The van der Waals surface area contributed by atoms with Gasteiger partial charge in [-0.2, -0.15) is 0 Å². The average Bonchev–Trinajstić information content (AvgIpc) is 1.51. The fourth-order valence-corrected chi connectivity index (χ4v) is 25.4. The first kappa shape index (κ1) is 75.1. The number of aryl methyl sites for hydroxylation is 1. The second-order valence-corrected chi connectivity index (χ2v) is 44.2. The first-order valence-electron chi connectivity index (χ1n) is 45.1. The number of hydrogen-bond acceptors (Lipinski definition) is 4. The van der Waals surface area contributed by atoms with Gasteiger partial charge in [0.1, 0.15) is 0 Å². The quantitative estimate of drug-likeness (QED) is 0.134. The van der Waals surface area contributed by atoms with E-state index in [1.165, 1.54) is 223 Å². The molecule has 11 aromatic carbocycles. The van der Waals surface area contributed by atoms with Crippen LogP contribution in [0.25, 0.3) is 44.4 Å². The fraction of sp³-hybridized carbons (Fsp3) is 0.369. The van der Waals surface area contributed by atoms with Crippen LogP contribution in [0.4, 0.5) is 56.9 Å². The van der Waals surface area contributed by atoms with Gasteiger partial charge in [-0.3, -0.25) is 0 Å². The molecule has 0 radical (unpaired) electrons. The highest BCUT2D eigenvalue weighted by atomic mass is 15.3. The smallest absolute Gasteiger partial charge is 0.252 e. The topological polar surface area (TPSA) is 22.8 Å². The molecular formula is C111H118B2N6. The summed E-state index contributed by atoms with van der Waals surface area (Å²) in [5.41, 5.74) is 45.4. The standard InChI is InChI=1S/C111H118B2N6/c1-66-67(2)114-90-61-78(116(76-47-41-69(42-48-76)102(3,4)5)77-49-43-70(44-50-77)103(6,7)8)63-92-95(90)112(86-38-32-37-84-100(86)118(92)110(21)53-30-28-51-108(84,110)19)88-60-73(56-81(66)97(88)114)106(15,16)65-68-39-45-75(46-40-68)115(74-33-24-23-25-34-74)79-62-91-96-93(64-79)119-101-85(109(20)52-29-31-54-111(109,119)22)57-72(105(12,13)14)59-89(101)113(96)87-58-71(104(9,10)11)55-82-94-99(117(91)98(82)87)80-35-26-27-36-83(80)107(94,17)18/h23-27,32-50,55-64H,28-31,51-54,65H2,1-22H3. The Labute approximate surface area is 709 Å². The zero-order valence-electron chi connectivity index (χ0n) is 74.8. The molecule has 6 aliphatic heterocycles. The molecule has 22 rings (SSSR count). The van der Waals surface area contributed by atoms with Crippen molar-refractivity contribution < 1.29 is 0 Å². The summed E-state index contributed by atoms with van der Waals surface area (Å²) >= 11 is 0. The van der Waals surface area contributed by atoms with E-state index >= 15 is 0 Å². The monoisotopic (exact) mass is 1560 g/mol.